The summed E-state index contributed by atoms with van der Waals surface area (Å²) in [6, 6.07) is 19.4. The van der Waals surface area contributed by atoms with E-state index in [0.29, 0.717) is 32.6 Å². The van der Waals surface area contributed by atoms with Gasteiger partial charge < -0.3 is 20.1 Å². The fraction of sp³-hybridized carbons (Fsp3) is 0.259. The van der Waals surface area contributed by atoms with Gasteiger partial charge in [-0.2, -0.15) is 0 Å². The van der Waals surface area contributed by atoms with Crippen molar-refractivity contribution in [2.24, 2.45) is 0 Å². The van der Waals surface area contributed by atoms with E-state index >= 15 is 0 Å². The van der Waals surface area contributed by atoms with E-state index in [2.05, 4.69) is 10.6 Å². The Hall–Kier alpha value is -3.80. The highest BCUT2D eigenvalue weighted by Crippen LogP contribution is 2.27. The van der Waals surface area contributed by atoms with Crippen molar-refractivity contribution in [1.82, 2.24) is 5.32 Å². The van der Waals surface area contributed by atoms with Crippen LogP contribution in [-0.4, -0.2) is 25.0 Å². The van der Waals surface area contributed by atoms with Crippen molar-refractivity contribution in [3.63, 3.8) is 0 Å². The van der Waals surface area contributed by atoms with E-state index in [9.17, 15) is 9.59 Å². The molecule has 0 saturated heterocycles. The molecule has 2 amide bonds. The second-order valence-electron chi connectivity index (χ2n) is 8.46. The van der Waals surface area contributed by atoms with Crippen LogP contribution in [0.25, 0.3) is 0 Å². The van der Waals surface area contributed by atoms with Crippen LogP contribution < -0.4 is 20.1 Å². The minimum absolute atomic E-state index is 0.0381. The number of carbonyl (C=O) groups is 2. The number of hydrogen-bond donors (Lipinski definition) is 2. The molecule has 2 aliphatic heterocycles. The van der Waals surface area contributed by atoms with Gasteiger partial charge in [-0.1, -0.05) is 36.4 Å². The molecule has 0 aromatic heterocycles. The van der Waals surface area contributed by atoms with Gasteiger partial charge in [0.25, 0.3) is 0 Å². The Balaban J connectivity index is 1.13. The van der Waals surface area contributed by atoms with Crippen LogP contribution in [0.15, 0.2) is 60.7 Å². The molecule has 0 bridgehead atoms. The first-order valence-electron chi connectivity index (χ1n) is 11.3. The van der Waals surface area contributed by atoms with E-state index in [1.54, 1.807) is 0 Å². The molecule has 0 unspecified atom stereocenters. The summed E-state index contributed by atoms with van der Waals surface area (Å²) in [6.07, 6.45) is 2.42. The quantitative estimate of drug-likeness (QED) is 0.586. The van der Waals surface area contributed by atoms with Gasteiger partial charge in [-0.15, -0.1) is 0 Å². The zero-order valence-electron chi connectivity index (χ0n) is 18.4. The molecule has 6 nitrogen and oxygen atoms in total. The molecule has 0 saturated carbocycles. The van der Waals surface area contributed by atoms with Crippen LogP contribution in [0.4, 0.5) is 5.69 Å². The number of anilines is 1. The lowest BCUT2D eigenvalue weighted by atomic mass is 10.1. The maximum Gasteiger partial charge on any atom is 0.228 e. The number of amides is 2. The molecule has 0 fully saturated rings. The number of nitrogens with one attached hydrogen (secondary N) is 2. The van der Waals surface area contributed by atoms with Crippen LogP contribution >= 0.6 is 0 Å². The van der Waals surface area contributed by atoms with Crippen LogP contribution in [-0.2, 0) is 41.8 Å². The third kappa shape index (κ3) is 5.17. The van der Waals surface area contributed by atoms with Crippen LogP contribution in [0.3, 0.4) is 0 Å². The van der Waals surface area contributed by atoms with Crippen LogP contribution in [0.2, 0.25) is 0 Å². The molecule has 5 rings (SSSR count). The second-order valence-corrected chi connectivity index (χ2v) is 8.46. The highest BCUT2D eigenvalue weighted by Gasteiger charge is 2.15. The van der Waals surface area contributed by atoms with E-state index in [0.717, 1.165) is 57.8 Å². The van der Waals surface area contributed by atoms with E-state index in [4.69, 9.17) is 9.47 Å². The molecule has 2 N–H and O–H groups in total. The Morgan fingerprint density at radius 3 is 2.03 bits per heavy atom. The van der Waals surface area contributed by atoms with E-state index in [-0.39, 0.29) is 11.8 Å². The number of hydrogen-bond acceptors (Lipinski definition) is 4. The van der Waals surface area contributed by atoms with Crippen molar-refractivity contribution in [3.8, 4) is 11.5 Å². The first-order valence-corrected chi connectivity index (χ1v) is 11.3. The van der Waals surface area contributed by atoms with Crippen molar-refractivity contribution in [2.75, 3.05) is 18.5 Å². The lowest BCUT2D eigenvalue weighted by Gasteiger charge is -2.10. The second kappa shape index (κ2) is 9.36. The average molecular weight is 443 g/mol. The Morgan fingerprint density at radius 1 is 0.727 bits per heavy atom. The Kier molecular flexibility index (Phi) is 5.98. The molecular weight excluding hydrogens is 416 g/mol. The summed E-state index contributed by atoms with van der Waals surface area (Å²) in [7, 11) is 0. The van der Waals surface area contributed by atoms with Crippen molar-refractivity contribution in [2.45, 2.75) is 32.2 Å². The molecule has 0 aliphatic carbocycles. The van der Waals surface area contributed by atoms with Crippen molar-refractivity contribution >= 4 is 17.5 Å². The van der Waals surface area contributed by atoms with Gasteiger partial charge in [-0.05, 0) is 52.1 Å². The number of carbonyl (C=O) groups excluding carboxylic acids is 2. The molecule has 2 aliphatic rings. The van der Waals surface area contributed by atoms with E-state index in [1.807, 2.05) is 60.7 Å². The summed E-state index contributed by atoms with van der Waals surface area (Å²) in [5, 5.41) is 5.92. The largest absolute Gasteiger partial charge is 0.493 e. The summed E-state index contributed by atoms with van der Waals surface area (Å²) in [5.41, 5.74) is 5.92. The maximum atomic E-state index is 12.5. The summed E-state index contributed by atoms with van der Waals surface area (Å²) in [6.45, 7) is 1.82. The Bertz CT molecular complexity index is 1200. The summed E-state index contributed by atoms with van der Waals surface area (Å²) >= 11 is 0. The Morgan fingerprint density at radius 2 is 1.36 bits per heavy atom. The molecule has 2 heterocycles. The van der Waals surface area contributed by atoms with Crippen molar-refractivity contribution in [1.29, 1.82) is 0 Å². The smallest absolute Gasteiger partial charge is 0.228 e. The van der Waals surface area contributed by atoms with Gasteiger partial charge in [0.1, 0.15) is 11.5 Å². The zero-order valence-corrected chi connectivity index (χ0v) is 18.4. The molecule has 6 heteroatoms. The van der Waals surface area contributed by atoms with Gasteiger partial charge >= 0.3 is 0 Å². The first-order chi connectivity index (χ1) is 16.1. The summed E-state index contributed by atoms with van der Waals surface area (Å²) in [4.78, 5) is 24.9. The minimum atomic E-state index is -0.0735. The zero-order chi connectivity index (χ0) is 22.6. The molecule has 0 spiro atoms. The van der Waals surface area contributed by atoms with Crippen LogP contribution in [0.1, 0.15) is 27.8 Å². The van der Waals surface area contributed by atoms with Gasteiger partial charge in [0.15, 0.2) is 0 Å². The standard InChI is InChI=1S/C27H26N2O4/c30-26(15-18-4-6-24-21(12-18)8-10-32-24)28-17-20-2-1-3-23(14-20)29-27(31)16-19-5-7-25-22(13-19)9-11-33-25/h1-7,12-14H,8-11,15-17H2,(H,28,30)(H,29,31). The van der Waals surface area contributed by atoms with Gasteiger partial charge in [0, 0.05) is 25.1 Å². The van der Waals surface area contributed by atoms with Crippen LogP contribution in [0, 0.1) is 0 Å². The lowest BCUT2D eigenvalue weighted by molar-refractivity contribution is -0.120. The Labute approximate surface area is 192 Å². The predicted molar refractivity (Wildman–Crippen MR) is 126 cm³/mol. The molecule has 0 radical (unpaired) electrons. The van der Waals surface area contributed by atoms with Gasteiger partial charge in [-0.25, -0.2) is 0 Å². The minimum Gasteiger partial charge on any atom is -0.493 e. The topological polar surface area (TPSA) is 76.7 Å². The number of fused-ring (bicyclic) bond motifs is 2. The summed E-state index contributed by atoms with van der Waals surface area (Å²) in [5.74, 6) is 1.72. The molecule has 3 aromatic rings. The predicted octanol–water partition coefficient (Wildman–Crippen LogP) is 3.60. The fourth-order valence-corrected chi connectivity index (χ4v) is 4.30. The normalized spacial score (nSPS) is 13.5. The van der Waals surface area contributed by atoms with Gasteiger partial charge in [0.05, 0.1) is 26.1 Å². The molecule has 3 aromatic carbocycles. The third-order valence-electron chi connectivity index (χ3n) is 5.94. The maximum absolute atomic E-state index is 12.5. The highest BCUT2D eigenvalue weighted by atomic mass is 16.5. The number of ether oxygens (including phenoxy) is 2. The van der Waals surface area contributed by atoms with Gasteiger partial charge in [0.2, 0.25) is 11.8 Å². The lowest BCUT2D eigenvalue weighted by Crippen LogP contribution is -2.24. The fourth-order valence-electron chi connectivity index (χ4n) is 4.30. The van der Waals surface area contributed by atoms with E-state index < -0.39 is 0 Å². The van der Waals surface area contributed by atoms with Crippen LogP contribution in [0.5, 0.6) is 11.5 Å². The average Bonchev–Trinajstić information content (AvgIpc) is 3.46. The van der Waals surface area contributed by atoms with Crippen molar-refractivity contribution in [3.05, 3.63) is 88.5 Å². The number of rotatable bonds is 7. The van der Waals surface area contributed by atoms with E-state index in [1.165, 1.54) is 0 Å². The molecule has 33 heavy (non-hydrogen) atoms. The monoisotopic (exact) mass is 442 g/mol. The summed E-state index contributed by atoms with van der Waals surface area (Å²) < 4.78 is 11.0. The molecular formula is C27H26N2O4. The van der Waals surface area contributed by atoms with Gasteiger partial charge in [-0.3, -0.25) is 9.59 Å². The third-order valence-corrected chi connectivity index (χ3v) is 5.94. The van der Waals surface area contributed by atoms with Crippen molar-refractivity contribution < 1.29 is 19.1 Å². The first kappa shape index (κ1) is 21.1. The molecule has 0 atom stereocenters. The molecule has 168 valence electrons. The SMILES string of the molecule is O=C(Cc1ccc2c(c1)CCO2)NCc1cccc(NC(=O)Cc2ccc3c(c2)CCO3)c1. The highest BCUT2D eigenvalue weighted by molar-refractivity contribution is 5.92. The number of benzene rings is 3.